The van der Waals surface area contributed by atoms with Crippen LogP contribution in [0.15, 0.2) is 22.7 Å². The molecule has 1 amide bonds. The summed E-state index contributed by atoms with van der Waals surface area (Å²) in [5.41, 5.74) is 0.726. The van der Waals surface area contributed by atoms with Crippen molar-refractivity contribution in [3.05, 3.63) is 27.7 Å². The lowest BCUT2D eigenvalue weighted by Gasteiger charge is -2.10. The summed E-state index contributed by atoms with van der Waals surface area (Å²) < 4.78 is 5.86. The zero-order valence-corrected chi connectivity index (χ0v) is 12.1. The standard InChI is InChI=1S/C12H15BrClNO2/c1-8(17-2)3-6-12(16)15-11-5-4-9(14)7-10(11)13/h4-5,7-8H,3,6H2,1-2H3,(H,15,16). The van der Waals surface area contributed by atoms with E-state index in [0.29, 0.717) is 17.9 Å². The summed E-state index contributed by atoms with van der Waals surface area (Å²) in [7, 11) is 1.64. The Bertz CT molecular complexity index is 398. The Morgan fingerprint density at radius 2 is 2.29 bits per heavy atom. The number of methoxy groups -OCH3 is 1. The first-order chi connectivity index (χ1) is 8.02. The number of anilines is 1. The highest BCUT2D eigenvalue weighted by atomic mass is 79.9. The van der Waals surface area contributed by atoms with Gasteiger partial charge in [-0.2, -0.15) is 0 Å². The second-order valence-electron chi connectivity index (χ2n) is 3.76. The second kappa shape index (κ2) is 6.99. The maximum Gasteiger partial charge on any atom is 0.224 e. The topological polar surface area (TPSA) is 38.3 Å². The van der Waals surface area contributed by atoms with Crippen LogP contribution in [0.3, 0.4) is 0 Å². The molecule has 5 heteroatoms. The zero-order chi connectivity index (χ0) is 12.8. The smallest absolute Gasteiger partial charge is 0.224 e. The Morgan fingerprint density at radius 1 is 1.59 bits per heavy atom. The van der Waals surface area contributed by atoms with Crippen molar-refractivity contribution in [3.63, 3.8) is 0 Å². The molecule has 1 aromatic carbocycles. The van der Waals surface area contributed by atoms with Crippen LogP contribution in [0.1, 0.15) is 19.8 Å². The number of hydrogen-bond donors (Lipinski definition) is 1. The van der Waals surface area contributed by atoms with Crippen molar-refractivity contribution in [3.8, 4) is 0 Å². The molecule has 1 N–H and O–H groups in total. The maximum absolute atomic E-state index is 11.6. The Hall–Kier alpha value is -0.580. The van der Waals surface area contributed by atoms with Crippen LogP contribution in [-0.2, 0) is 9.53 Å². The summed E-state index contributed by atoms with van der Waals surface area (Å²) in [5.74, 6) is -0.0306. The van der Waals surface area contributed by atoms with Gasteiger partial charge in [0.2, 0.25) is 5.91 Å². The molecule has 3 nitrogen and oxygen atoms in total. The minimum atomic E-state index is -0.0306. The highest BCUT2D eigenvalue weighted by molar-refractivity contribution is 9.10. The average Bonchev–Trinajstić information content (AvgIpc) is 2.29. The molecule has 1 atom stereocenters. The molecular formula is C12H15BrClNO2. The van der Waals surface area contributed by atoms with Crippen LogP contribution in [0.4, 0.5) is 5.69 Å². The third kappa shape index (κ3) is 5.06. The third-order valence-electron chi connectivity index (χ3n) is 2.39. The molecule has 17 heavy (non-hydrogen) atoms. The molecule has 0 bridgehead atoms. The number of carbonyl (C=O) groups excluding carboxylic acids is 1. The van der Waals surface area contributed by atoms with Gasteiger partial charge in [-0.15, -0.1) is 0 Å². The monoisotopic (exact) mass is 319 g/mol. The van der Waals surface area contributed by atoms with Crippen LogP contribution in [0.25, 0.3) is 0 Å². The summed E-state index contributed by atoms with van der Waals surface area (Å²) in [6.45, 7) is 1.94. The van der Waals surface area contributed by atoms with Gasteiger partial charge in [0.05, 0.1) is 11.8 Å². The number of ether oxygens (including phenoxy) is 1. The number of benzene rings is 1. The molecule has 1 unspecified atom stereocenters. The predicted molar refractivity (Wildman–Crippen MR) is 73.5 cm³/mol. The van der Waals surface area contributed by atoms with Crippen molar-refractivity contribution in [2.45, 2.75) is 25.9 Å². The molecule has 94 valence electrons. The minimum Gasteiger partial charge on any atom is -0.382 e. The Morgan fingerprint density at radius 3 is 2.88 bits per heavy atom. The number of nitrogens with one attached hydrogen (secondary N) is 1. The van der Waals surface area contributed by atoms with E-state index in [-0.39, 0.29) is 12.0 Å². The summed E-state index contributed by atoms with van der Waals surface area (Å²) in [5, 5.41) is 3.44. The highest BCUT2D eigenvalue weighted by Gasteiger charge is 2.08. The van der Waals surface area contributed by atoms with E-state index < -0.39 is 0 Å². The van der Waals surface area contributed by atoms with E-state index in [9.17, 15) is 4.79 Å². The number of hydrogen-bond acceptors (Lipinski definition) is 2. The second-order valence-corrected chi connectivity index (χ2v) is 5.05. The molecule has 0 aromatic heterocycles. The van der Waals surface area contributed by atoms with Gasteiger partial charge in [0.25, 0.3) is 0 Å². The molecule has 0 spiro atoms. The normalized spacial score (nSPS) is 12.2. The highest BCUT2D eigenvalue weighted by Crippen LogP contribution is 2.26. The van der Waals surface area contributed by atoms with Gasteiger partial charge in [0.1, 0.15) is 0 Å². The van der Waals surface area contributed by atoms with Crippen LogP contribution in [-0.4, -0.2) is 19.1 Å². The number of carbonyl (C=O) groups is 1. The van der Waals surface area contributed by atoms with Crippen LogP contribution in [0, 0.1) is 0 Å². The van der Waals surface area contributed by atoms with Gasteiger partial charge >= 0.3 is 0 Å². The first-order valence-corrected chi connectivity index (χ1v) is 6.47. The van der Waals surface area contributed by atoms with E-state index in [0.717, 1.165) is 10.2 Å². The van der Waals surface area contributed by atoms with Crippen molar-refractivity contribution in [1.29, 1.82) is 0 Å². The molecule has 0 aliphatic heterocycles. The quantitative estimate of drug-likeness (QED) is 0.894. The first kappa shape index (κ1) is 14.5. The molecule has 0 fully saturated rings. The van der Waals surface area contributed by atoms with Crippen molar-refractivity contribution in [2.24, 2.45) is 0 Å². The van der Waals surface area contributed by atoms with Crippen LogP contribution >= 0.6 is 27.5 Å². The fourth-order valence-corrected chi connectivity index (χ4v) is 2.04. The third-order valence-corrected chi connectivity index (χ3v) is 3.28. The van der Waals surface area contributed by atoms with Gasteiger partial charge in [0, 0.05) is 23.0 Å². The van der Waals surface area contributed by atoms with E-state index in [1.165, 1.54) is 0 Å². The summed E-state index contributed by atoms with van der Waals surface area (Å²) in [6.07, 6.45) is 1.23. The number of halogens is 2. The largest absolute Gasteiger partial charge is 0.382 e. The van der Waals surface area contributed by atoms with Gasteiger partial charge in [-0.3, -0.25) is 4.79 Å². The van der Waals surface area contributed by atoms with E-state index in [2.05, 4.69) is 21.2 Å². The molecule has 0 radical (unpaired) electrons. The predicted octanol–water partition coefficient (Wildman–Crippen LogP) is 3.86. The van der Waals surface area contributed by atoms with Gasteiger partial charge in [0.15, 0.2) is 0 Å². The van der Waals surface area contributed by atoms with E-state index in [1.807, 2.05) is 6.92 Å². The van der Waals surface area contributed by atoms with Crippen molar-refractivity contribution < 1.29 is 9.53 Å². The summed E-state index contributed by atoms with van der Waals surface area (Å²) in [4.78, 5) is 11.6. The lowest BCUT2D eigenvalue weighted by molar-refractivity contribution is -0.116. The molecule has 0 saturated carbocycles. The van der Waals surface area contributed by atoms with Crippen LogP contribution in [0.5, 0.6) is 0 Å². The lowest BCUT2D eigenvalue weighted by Crippen LogP contribution is -2.15. The number of amides is 1. The molecule has 0 aliphatic rings. The van der Waals surface area contributed by atoms with Crippen LogP contribution in [0.2, 0.25) is 5.02 Å². The Balaban J connectivity index is 2.50. The van der Waals surface area contributed by atoms with E-state index >= 15 is 0 Å². The molecule has 0 heterocycles. The first-order valence-electron chi connectivity index (χ1n) is 5.30. The van der Waals surface area contributed by atoms with Gasteiger partial charge in [-0.25, -0.2) is 0 Å². The fraction of sp³-hybridized carbons (Fsp3) is 0.417. The fourth-order valence-electron chi connectivity index (χ4n) is 1.26. The van der Waals surface area contributed by atoms with E-state index in [1.54, 1.807) is 25.3 Å². The Labute approximate surface area is 115 Å². The van der Waals surface area contributed by atoms with Crippen molar-refractivity contribution in [2.75, 3.05) is 12.4 Å². The van der Waals surface area contributed by atoms with Crippen molar-refractivity contribution in [1.82, 2.24) is 0 Å². The van der Waals surface area contributed by atoms with Gasteiger partial charge in [-0.05, 0) is 47.5 Å². The van der Waals surface area contributed by atoms with Gasteiger partial charge in [-0.1, -0.05) is 11.6 Å². The van der Waals surface area contributed by atoms with E-state index in [4.69, 9.17) is 16.3 Å². The maximum atomic E-state index is 11.6. The molecule has 1 aromatic rings. The van der Waals surface area contributed by atoms with Gasteiger partial charge < -0.3 is 10.1 Å². The molecule has 0 saturated heterocycles. The number of rotatable bonds is 5. The molecule has 1 rings (SSSR count). The summed E-state index contributed by atoms with van der Waals surface area (Å²) in [6, 6.07) is 5.25. The van der Waals surface area contributed by atoms with Crippen LogP contribution < -0.4 is 5.32 Å². The SMILES string of the molecule is COC(C)CCC(=O)Nc1ccc(Cl)cc1Br. The zero-order valence-electron chi connectivity index (χ0n) is 9.80. The molecular weight excluding hydrogens is 305 g/mol. The lowest BCUT2D eigenvalue weighted by atomic mass is 10.2. The summed E-state index contributed by atoms with van der Waals surface area (Å²) >= 11 is 9.16. The molecule has 0 aliphatic carbocycles. The average molecular weight is 321 g/mol. The van der Waals surface area contributed by atoms with Crippen molar-refractivity contribution >= 4 is 39.1 Å². The minimum absolute atomic E-state index is 0.0306. The Kier molecular flexibility index (Phi) is 5.95.